The van der Waals surface area contributed by atoms with Crippen molar-refractivity contribution in [3.05, 3.63) is 254 Å². The molecule has 4 heterocycles. The fraction of sp³-hybridized carbons (Fsp3) is 0.171. The van der Waals surface area contributed by atoms with Gasteiger partial charge in [0.2, 0.25) is 0 Å². The molecule has 470 valence electrons. The van der Waals surface area contributed by atoms with Gasteiger partial charge in [-0.3, -0.25) is 30.0 Å². The highest BCUT2D eigenvalue weighted by atomic mass is 32.2. The summed E-state index contributed by atoms with van der Waals surface area (Å²) in [5, 5.41) is 22.8. The first-order valence-corrected chi connectivity index (χ1v) is 32.5. The molecule has 0 aliphatic rings. The zero-order chi connectivity index (χ0) is 64.9. The lowest BCUT2D eigenvalue weighted by molar-refractivity contribution is 0.261. The Morgan fingerprint density at radius 1 is 0.435 bits per heavy atom. The number of pyridine rings is 2. The van der Waals surface area contributed by atoms with E-state index in [1.807, 2.05) is 120 Å². The Hall–Kier alpha value is -10.8. The van der Waals surface area contributed by atoms with Crippen LogP contribution >= 0.6 is 0 Å². The minimum atomic E-state index is -3.80. The Morgan fingerprint density at radius 2 is 0.859 bits per heavy atom. The number of benzene rings is 7. The smallest absolute Gasteiger partial charge is 0.324 e. The number of para-hydroxylation sites is 2. The number of hydrogen-bond donors (Lipinski definition) is 6. The van der Waals surface area contributed by atoms with Crippen LogP contribution in [0.3, 0.4) is 0 Å². The van der Waals surface area contributed by atoms with Gasteiger partial charge in [0.1, 0.15) is 23.1 Å². The predicted octanol–water partition coefficient (Wildman–Crippen LogP) is 14.4. The molecule has 0 atom stereocenters. The average Bonchev–Trinajstić information content (AvgIpc) is 1.66. The van der Waals surface area contributed by atoms with Crippen molar-refractivity contribution in [2.75, 3.05) is 43.9 Å². The van der Waals surface area contributed by atoms with Gasteiger partial charge in [-0.25, -0.2) is 35.8 Å². The molecule has 0 bridgehead atoms. The van der Waals surface area contributed by atoms with Gasteiger partial charge >= 0.3 is 12.1 Å². The number of urea groups is 2. The maximum Gasteiger partial charge on any atom is 0.324 e. The average molecular weight is 1270 g/mol. The standard InChI is InChI=1S/C37H36N6O4S.C33H34N6O4S/c1-37(2,3)34-25-35(43(41-34)28-13-15-29(16-14-28)48(45,46)42-27-9-5-4-6-10-27)40-36(44)39-32-17-18-33(31-12-8-7-11-30(31)32)47-24-21-26-19-22-38-23-20-26;1-33(2,3)30-23-31(36-32(40)35-25-9-13-28(14-10-25)43-22-19-24-17-20-34-21-18-24)39(37-30)27-11-15-29(16-12-27)44(41,42)38-26-7-5-4-6-8-26/h4-20,22-23,25,42H,21,24H2,1-3H3,(H2,39,40,44);4-18,20-21,23,38H,19,22H2,1-3H3,(H2,35,36,40). The summed E-state index contributed by atoms with van der Waals surface area (Å²) >= 11 is 0. The van der Waals surface area contributed by atoms with Crippen molar-refractivity contribution >= 4 is 77.3 Å². The Labute approximate surface area is 535 Å². The van der Waals surface area contributed by atoms with Crippen molar-refractivity contribution in [1.82, 2.24) is 29.5 Å². The van der Waals surface area contributed by atoms with E-state index in [1.165, 1.54) is 24.3 Å². The number of amides is 4. The molecule has 11 aromatic rings. The normalized spacial score (nSPS) is 11.6. The molecular weight excluding hydrogens is 1200 g/mol. The first-order valence-electron chi connectivity index (χ1n) is 29.5. The third-order valence-electron chi connectivity index (χ3n) is 14.3. The van der Waals surface area contributed by atoms with Crippen LogP contribution in [-0.2, 0) is 43.7 Å². The molecule has 0 fully saturated rings. The third kappa shape index (κ3) is 16.9. The molecule has 4 aromatic heterocycles. The second-order valence-electron chi connectivity index (χ2n) is 23.3. The van der Waals surface area contributed by atoms with E-state index in [0.717, 1.165) is 51.9 Å². The van der Waals surface area contributed by atoms with Gasteiger partial charge in [-0.1, -0.05) is 102 Å². The Morgan fingerprint density at radius 3 is 1.32 bits per heavy atom. The molecule has 0 unspecified atom stereocenters. The number of ether oxygens (including phenoxy) is 2. The molecule has 92 heavy (non-hydrogen) atoms. The van der Waals surface area contributed by atoms with Crippen LogP contribution in [0.15, 0.2) is 241 Å². The van der Waals surface area contributed by atoms with E-state index in [2.05, 4.69) is 40.7 Å². The van der Waals surface area contributed by atoms with Gasteiger partial charge in [0.15, 0.2) is 0 Å². The number of hydrogen-bond acceptors (Lipinski definition) is 12. The predicted molar refractivity (Wildman–Crippen MR) is 362 cm³/mol. The lowest BCUT2D eigenvalue weighted by Crippen LogP contribution is -2.21. The van der Waals surface area contributed by atoms with Gasteiger partial charge in [-0.15, -0.1) is 0 Å². The van der Waals surface area contributed by atoms with Crippen LogP contribution in [0.4, 0.5) is 44.0 Å². The summed E-state index contributed by atoms with van der Waals surface area (Å²) in [7, 11) is -7.59. The number of rotatable bonds is 20. The number of anilines is 6. The van der Waals surface area contributed by atoms with Crippen LogP contribution in [0.1, 0.15) is 64.1 Å². The van der Waals surface area contributed by atoms with Crippen LogP contribution in [0, 0.1) is 0 Å². The Balaban J connectivity index is 0.000000202. The second kappa shape index (κ2) is 28.3. The van der Waals surface area contributed by atoms with Gasteiger partial charge in [-0.2, -0.15) is 10.2 Å². The summed E-state index contributed by atoms with van der Waals surface area (Å²) in [5.41, 5.74) is 6.49. The monoisotopic (exact) mass is 1270 g/mol. The number of sulfonamides is 2. The maximum absolute atomic E-state index is 13.5. The highest BCUT2D eigenvalue weighted by Crippen LogP contribution is 2.34. The molecule has 4 amide bonds. The van der Waals surface area contributed by atoms with Gasteiger partial charge < -0.3 is 20.1 Å². The lowest BCUT2D eigenvalue weighted by Gasteiger charge is -2.15. The molecule has 7 aromatic carbocycles. The number of nitrogens with one attached hydrogen (secondary N) is 6. The molecule has 11 rings (SSSR count). The van der Waals surface area contributed by atoms with E-state index in [4.69, 9.17) is 19.7 Å². The van der Waals surface area contributed by atoms with Gasteiger partial charge in [0.05, 0.1) is 51.5 Å². The fourth-order valence-electron chi connectivity index (χ4n) is 9.39. The molecule has 0 aliphatic heterocycles. The Bertz CT molecular complexity index is 4530. The van der Waals surface area contributed by atoms with Crippen molar-refractivity contribution < 1.29 is 35.9 Å². The van der Waals surface area contributed by atoms with Crippen molar-refractivity contribution in [1.29, 1.82) is 0 Å². The summed E-state index contributed by atoms with van der Waals surface area (Å²) in [5.74, 6) is 2.28. The molecule has 0 radical (unpaired) electrons. The van der Waals surface area contributed by atoms with E-state index in [1.54, 1.807) is 137 Å². The molecule has 6 N–H and O–H groups in total. The van der Waals surface area contributed by atoms with Crippen LogP contribution in [0.5, 0.6) is 11.5 Å². The number of fused-ring (bicyclic) bond motifs is 1. The van der Waals surface area contributed by atoms with E-state index in [0.29, 0.717) is 64.7 Å². The van der Waals surface area contributed by atoms with Gasteiger partial charge in [0, 0.05) is 88.4 Å². The molecule has 20 nitrogen and oxygen atoms in total. The lowest BCUT2D eigenvalue weighted by atomic mass is 9.92. The number of carbonyl (C=O) groups is 2. The molecule has 0 aliphatic carbocycles. The van der Waals surface area contributed by atoms with Gasteiger partial charge in [0.25, 0.3) is 20.0 Å². The van der Waals surface area contributed by atoms with E-state index in [9.17, 15) is 26.4 Å². The van der Waals surface area contributed by atoms with Crippen LogP contribution in [0.25, 0.3) is 22.1 Å². The van der Waals surface area contributed by atoms with Crippen molar-refractivity contribution in [2.24, 2.45) is 0 Å². The quantitative estimate of drug-likeness (QED) is 0.0417. The number of aromatic nitrogens is 6. The molecule has 0 spiro atoms. The summed E-state index contributed by atoms with van der Waals surface area (Å²) in [6.07, 6.45) is 8.55. The third-order valence-corrected chi connectivity index (χ3v) is 17.1. The summed E-state index contributed by atoms with van der Waals surface area (Å²) < 4.78 is 72.1. The second-order valence-corrected chi connectivity index (χ2v) is 26.7. The van der Waals surface area contributed by atoms with E-state index in [-0.39, 0.29) is 20.6 Å². The highest BCUT2D eigenvalue weighted by molar-refractivity contribution is 7.93. The highest BCUT2D eigenvalue weighted by Gasteiger charge is 2.25. The minimum Gasteiger partial charge on any atom is -0.493 e. The largest absolute Gasteiger partial charge is 0.493 e. The van der Waals surface area contributed by atoms with Gasteiger partial charge in [-0.05, 0) is 145 Å². The molecule has 0 saturated heterocycles. The van der Waals surface area contributed by atoms with Crippen molar-refractivity contribution in [3.63, 3.8) is 0 Å². The summed E-state index contributed by atoms with van der Waals surface area (Å²) in [4.78, 5) is 34.7. The molecule has 0 saturated carbocycles. The van der Waals surface area contributed by atoms with E-state index >= 15 is 0 Å². The summed E-state index contributed by atoms with van der Waals surface area (Å²) in [6, 6.07) is 59.1. The van der Waals surface area contributed by atoms with Crippen LogP contribution in [0.2, 0.25) is 0 Å². The SMILES string of the molecule is CC(C)(C)c1cc(NC(=O)Nc2ccc(OCCc3ccncc3)c3ccccc23)n(-c2ccc(S(=O)(=O)Nc3ccccc3)cc2)n1.CC(C)(C)c1cc(NC(=O)Nc2ccc(OCCc3ccncc3)cc2)n(-c2ccc(S(=O)(=O)Nc3ccccc3)cc2)n1. The topological polar surface area (TPSA) is 254 Å². The van der Waals surface area contributed by atoms with E-state index < -0.39 is 32.1 Å². The summed E-state index contributed by atoms with van der Waals surface area (Å²) in [6.45, 7) is 13.2. The zero-order valence-electron chi connectivity index (χ0n) is 51.5. The van der Waals surface area contributed by atoms with Crippen molar-refractivity contribution in [3.8, 4) is 22.9 Å². The minimum absolute atomic E-state index is 0.0993. The van der Waals surface area contributed by atoms with Crippen molar-refractivity contribution in [2.45, 2.75) is 75.0 Å². The Kier molecular flexibility index (Phi) is 19.8. The zero-order valence-corrected chi connectivity index (χ0v) is 53.2. The number of nitrogens with zero attached hydrogens (tertiary/aromatic N) is 6. The molecular formula is C70H70N12O8S2. The maximum atomic E-state index is 13.5. The first-order chi connectivity index (χ1) is 44.1. The molecule has 22 heteroatoms. The van der Waals surface area contributed by atoms with Crippen LogP contribution in [-0.4, -0.2) is 71.6 Å². The fourth-order valence-corrected chi connectivity index (χ4v) is 11.5. The first kappa shape index (κ1) is 64.2. The number of carbonyl (C=O) groups excluding carboxylic acids is 2. The van der Waals surface area contributed by atoms with Crippen LogP contribution < -0.4 is 40.2 Å².